The SMILES string of the molecule is CN(CCc1cccs1)c1ncnc(NN)c1[N+](=O)[O-]. The molecule has 0 atom stereocenters. The lowest BCUT2D eigenvalue weighted by molar-refractivity contribution is -0.383. The van der Waals surface area contributed by atoms with E-state index in [4.69, 9.17) is 5.84 Å². The van der Waals surface area contributed by atoms with E-state index in [9.17, 15) is 10.1 Å². The molecule has 0 saturated heterocycles. The number of hydrazine groups is 1. The second-order valence-corrected chi connectivity index (χ2v) is 5.08. The van der Waals surface area contributed by atoms with Gasteiger partial charge in [-0.2, -0.15) is 0 Å². The first-order chi connectivity index (χ1) is 9.63. The number of nitrogens with zero attached hydrogens (tertiary/aromatic N) is 4. The largest absolute Gasteiger partial charge is 0.354 e. The molecule has 0 bridgehead atoms. The quantitative estimate of drug-likeness (QED) is 0.471. The van der Waals surface area contributed by atoms with Crippen LogP contribution in [0.1, 0.15) is 4.88 Å². The summed E-state index contributed by atoms with van der Waals surface area (Å²) >= 11 is 1.65. The van der Waals surface area contributed by atoms with Gasteiger partial charge in [0.25, 0.3) is 0 Å². The second kappa shape index (κ2) is 6.26. The van der Waals surface area contributed by atoms with Gasteiger partial charge in [0, 0.05) is 18.5 Å². The third-order valence-corrected chi connectivity index (χ3v) is 3.69. The van der Waals surface area contributed by atoms with E-state index in [1.54, 1.807) is 23.3 Å². The molecule has 20 heavy (non-hydrogen) atoms. The Morgan fingerprint density at radius 1 is 1.55 bits per heavy atom. The highest BCUT2D eigenvalue weighted by Crippen LogP contribution is 2.30. The van der Waals surface area contributed by atoms with Crippen molar-refractivity contribution in [2.24, 2.45) is 5.84 Å². The van der Waals surface area contributed by atoms with Gasteiger partial charge in [0.15, 0.2) is 0 Å². The van der Waals surface area contributed by atoms with Crippen LogP contribution in [-0.2, 0) is 6.42 Å². The zero-order chi connectivity index (χ0) is 14.5. The van der Waals surface area contributed by atoms with E-state index in [0.29, 0.717) is 6.54 Å². The minimum atomic E-state index is -0.536. The molecule has 0 aromatic carbocycles. The number of aromatic nitrogens is 2. The van der Waals surface area contributed by atoms with E-state index < -0.39 is 4.92 Å². The first-order valence-electron chi connectivity index (χ1n) is 5.83. The van der Waals surface area contributed by atoms with Crippen LogP contribution in [0.5, 0.6) is 0 Å². The van der Waals surface area contributed by atoms with Gasteiger partial charge in [0.05, 0.1) is 4.92 Å². The van der Waals surface area contributed by atoms with Crippen LogP contribution in [-0.4, -0.2) is 28.5 Å². The van der Waals surface area contributed by atoms with Crippen molar-refractivity contribution in [3.8, 4) is 0 Å². The Morgan fingerprint density at radius 2 is 2.35 bits per heavy atom. The molecule has 0 aliphatic rings. The molecular formula is C11H14N6O2S. The lowest BCUT2D eigenvalue weighted by Crippen LogP contribution is -2.23. The first-order valence-corrected chi connectivity index (χ1v) is 6.71. The number of anilines is 2. The van der Waals surface area contributed by atoms with Crippen molar-refractivity contribution < 1.29 is 4.92 Å². The van der Waals surface area contributed by atoms with Crippen molar-refractivity contribution in [1.82, 2.24) is 9.97 Å². The third kappa shape index (κ3) is 3.00. The number of nitro groups is 1. The van der Waals surface area contributed by atoms with Crippen LogP contribution in [0.3, 0.4) is 0 Å². The number of rotatable bonds is 6. The molecule has 0 radical (unpaired) electrons. The number of hydrogen-bond acceptors (Lipinski definition) is 8. The fourth-order valence-electron chi connectivity index (χ4n) is 1.76. The van der Waals surface area contributed by atoms with Crippen LogP contribution in [0.2, 0.25) is 0 Å². The van der Waals surface area contributed by atoms with Gasteiger partial charge < -0.3 is 10.3 Å². The van der Waals surface area contributed by atoms with Crippen LogP contribution >= 0.6 is 11.3 Å². The fourth-order valence-corrected chi connectivity index (χ4v) is 2.46. The summed E-state index contributed by atoms with van der Waals surface area (Å²) in [5.41, 5.74) is 2.01. The predicted molar refractivity (Wildman–Crippen MR) is 77.8 cm³/mol. The zero-order valence-corrected chi connectivity index (χ0v) is 11.6. The molecular weight excluding hydrogens is 280 g/mol. The first kappa shape index (κ1) is 14.2. The van der Waals surface area contributed by atoms with Crippen LogP contribution in [0.25, 0.3) is 0 Å². The number of nitrogen functional groups attached to an aromatic ring is 1. The van der Waals surface area contributed by atoms with Gasteiger partial charge in [-0.1, -0.05) is 6.07 Å². The van der Waals surface area contributed by atoms with Crippen molar-refractivity contribution in [2.45, 2.75) is 6.42 Å². The number of nitrogens with two attached hydrogens (primary N) is 1. The highest BCUT2D eigenvalue weighted by molar-refractivity contribution is 7.09. The van der Waals surface area contributed by atoms with Gasteiger partial charge in [-0.25, -0.2) is 15.8 Å². The molecule has 0 amide bonds. The molecule has 0 unspecified atom stereocenters. The number of nitrogens with one attached hydrogen (secondary N) is 1. The predicted octanol–water partition coefficient (Wildman–Crippen LogP) is 1.41. The molecule has 2 rings (SSSR count). The summed E-state index contributed by atoms with van der Waals surface area (Å²) in [6.07, 6.45) is 2.04. The van der Waals surface area contributed by atoms with E-state index >= 15 is 0 Å². The zero-order valence-electron chi connectivity index (χ0n) is 10.8. The van der Waals surface area contributed by atoms with Gasteiger partial charge in [0.1, 0.15) is 6.33 Å². The van der Waals surface area contributed by atoms with E-state index in [1.165, 1.54) is 11.2 Å². The number of hydrogen-bond donors (Lipinski definition) is 2. The van der Waals surface area contributed by atoms with Crippen molar-refractivity contribution in [3.63, 3.8) is 0 Å². The maximum absolute atomic E-state index is 11.1. The van der Waals surface area contributed by atoms with Crippen molar-refractivity contribution in [1.29, 1.82) is 0 Å². The summed E-state index contributed by atoms with van der Waals surface area (Å²) in [7, 11) is 1.75. The molecule has 2 aromatic heterocycles. The normalized spacial score (nSPS) is 10.3. The number of likely N-dealkylation sites (N-methyl/N-ethyl adjacent to an activating group) is 1. The smallest absolute Gasteiger partial charge is 0.353 e. The minimum absolute atomic E-state index is 0.00275. The van der Waals surface area contributed by atoms with Crippen LogP contribution in [0.15, 0.2) is 23.8 Å². The fraction of sp³-hybridized carbons (Fsp3) is 0.273. The molecule has 9 heteroatoms. The highest BCUT2D eigenvalue weighted by Gasteiger charge is 2.24. The summed E-state index contributed by atoms with van der Waals surface area (Å²) in [6, 6.07) is 4.00. The van der Waals surface area contributed by atoms with Gasteiger partial charge in [-0.05, 0) is 17.9 Å². The lowest BCUT2D eigenvalue weighted by atomic mass is 10.3. The van der Waals surface area contributed by atoms with Crippen LogP contribution in [0, 0.1) is 10.1 Å². The minimum Gasteiger partial charge on any atom is -0.353 e. The Kier molecular flexibility index (Phi) is 4.43. The van der Waals surface area contributed by atoms with Crippen LogP contribution < -0.4 is 16.2 Å². The topological polar surface area (TPSA) is 110 Å². The molecule has 106 valence electrons. The maximum Gasteiger partial charge on any atom is 0.354 e. The molecule has 0 fully saturated rings. The summed E-state index contributed by atoms with van der Waals surface area (Å²) < 4.78 is 0. The summed E-state index contributed by atoms with van der Waals surface area (Å²) in [6.45, 7) is 0.613. The summed E-state index contributed by atoms with van der Waals surface area (Å²) in [5.74, 6) is 5.49. The van der Waals surface area contributed by atoms with Gasteiger partial charge in [0.2, 0.25) is 11.6 Å². The number of thiophene rings is 1. The van der Waals surface area contributed by atoms with Crippen molar-refractivity contribution in [2.75, 3.05) is 23.9 Å². The Bertz CT molecular complexity index is 589. The molecule has 8 nitrogen and oxygen atoms in total. The maximum atomic E-state index is 11.1. The Labute approximate surface area is 119 Å². The van der Waals surface area contributed by atoms with Crippen molar-refractivity contribution in [3.05, 3.63) is 38.8 Å². The average Bonchev–Trinajstić information content (AvgIpc) is 2.96. The van der Waals surface area contributed by atoms with E-state index in [0.717, 1.165) is 6.42 Å². The third-order valence-electron chi connectivity index (χ3n) is 2.76. The van der Waals surface area contributed by atoms with Gasteiger partial charge in [-0.3, -0.25) is 10.1 Å². The Morgan fingerprint density at radius 3 is 2.95 bits per heavy atom. The molecule has 2 heterocycles. The Balaban J connectivity index is 2.20. The van der Waals surface area contributed by atoms with E-state index in [1.807, 2.05) is 17.5 Å². The van der Waals surface area contributed by atoms with Crippen molar-refractivity contribution >= 4 is 28.7 Å². The standard InChI is InChI=1S/C11H14N6O2S/c1-16(5-4-8-3-2-6-20-8)11-9(17(18)19)10(15-12)13-7-14-11/h2-3,6-7H,4-5,12H2,1H3,(H,13,14,15). The average molecular weight is 294 g/mol. The monoisotopic (exact) mass is 294 g/mol. The molecule has 0 saturated carbocycles. The van der Waals surface area contributed by atoms with E-state index in [2.05, 4.69) is 15.4 Å². The van der Waals surface area contributed by atoms with Gasteiger partial charge in [-0.15, -0.1) is 11.3 Å². The molecule has 0 spiro atoms. The lowest BCUT2D eigenvalue weighted by Gasteiger charge is -2.17. The molecule has 0 aliphatic carbocycles. The van der Waals surface area contributed by atoms with E-state index in [-0.39, 0.29) is 17.3 Å². The Hall–Kier alpha value is -2.26. The second-order valence-electron chi connectivity index (χ2n) is 4.05. The summed E-state index contributed by atoms with van der Waals surface area (Å²) in [5, 5.41) is 13.1. The summed E-state index contributed by atoms with van der Waals surface area (Å²) in [4.78, 5) is 21.3. The van der Waals surface area contributed by atoms with Crippen LogP contribution in [0.4, 0.5) is 17.3 Å². The highest BCUT2D eigenvalue weighted by atomic mass is 32.1. The van der Waals surface area contributed by atoms with Gasteiger partial charge >= 0.3 is 5.69 Å². The molecule has 0 aliphatic heterocycles. The molecule has 3 N–H and O–H groups in total. The molecule has 2 aromatic rings.